The summed E-state index contributed by atoms with van der Waals surface area (Å²) < 4.78 is 0. The summed E-state index contributed by atoms with van der Waals surface area (Å²) in [4.78, 5) is 18.0. The van der Waals surface area contributed by atoms with Crippen molar-refractivity contribution in [2.24, 2.45) is 0 Å². The van der Waals surface area contributed by atoms with E-state index in [9.17, 15) is 4.79 Å². The van der Waals surface area contributed by atoms with E-state index in [1.54, 1.807) is 0 Å². The molecule has 1 amide bonds. The van der Waals surface area contributed by atoms with Crippen molar-refractivity contribution in [1.82, 2.24) is 9.88 Å². The predicted octanol–water partition coefficient (Wildman–Crippen LogP) is 3.53. The molecule has 0 radical (unpaired) electrons. The minimum Gasteiger partial charge on any atom is -0.358 e. The van der Waals surface area contributed by atoms with Gasteiger partial charge < -0.3 is 9.88 Å². The number of carbonyl (C=O) groups excluding carboxylic acids is 1. The molecule has 0 atom stereocenters. The fraction of sp³-hybridized carbons (Fsp3) is 0.471. The summed E-state index contributed by atoms with van der Waals surface area (Å²) in [5.74, 6) is 0.138. The number of aromatic nitrogens is 1. The van der Waals surface area contributed by atoms with Gasteiger partial charge in [-0.1, -0.05) is 12.1 Å². The van der Waals surface area contributed by atoms with Crippen molar-refractivity contribution >= 4 is 16.8 Å². The van der Waals surface area contributed by atoms with Crippen LogP contribution in [-0.4, -0.2) is 28.9 Å². The second kappa shape index (κ2) is 5.31. The fourth-order valence-corrected chi connectivity index (χ4v) is 3.29. The first-order valence-electron chi connectivity index (χ1n) is 7.68. The molecule has 20 heavy (non-hydrogen) atoms. The highest BCUT2D eigenvalue weighted by Crippen LogP contribution is 2.31. The number of amides is 1. The highest BCUT2D eigenvalue weighted by atomic mass is 16.2. The van der Waals surface area contributed by atoms with Gasteiger partial charge in [-0.2, -0.15) is 0 Å². The quantitative estimate of drug-likeness (QED) is 0.910. The van der Waals surface area contributed by atoms with Crippen molar-refractivity contribution in [3.8, 4) is 0 Å². The lowest BCUT2D eigenvalue weighted by molar-refractivity contribution is 0.0775. The number of nitrogens with one attached hydrogen (secondary N) is 1. The van der Waals surface area contributed by atoms with Crippen LogP contribution in [0.3, 0.4) is 0 Å². The normalized spacial score (nSPS) is 14.3. The van der Waals surface area contributed by atoms with Gasteiger partial charge in [-0.15, -0.1) is 0 Å². The molecule has 1 aromatic carbocycles. The van der Waals surface area contributed by atoms with Gasteiger partial charge in [-0.3, -0.25) is 4.79 Å². The molecule has 106 valence electrons. The minimum atomic E-state index is 0.138. The van der Waals surface area contributed by atoms with E-state index in [-0.39, 0.29) is 5.91 Å². The molecule has 1 heterocycles. The van der Waals surface area contributed by atoms with Gasteiger partial charge in [-0.25, -0.2) is 0 Å². The van der Waals surface area contributed by atoms with Crippen LogP contribution in [0.5, 0.6) is 0 Å². The lowest BCUT2D eigenvalue weighted by Gasteiger charge is -2.19. The van der Waals surface area contributed by atoms with E-state index in [0.717, 1.165) is 37.0 Å². The van der Waals surface area contributed by atoms with Gasteiger partial charge in [0.1, 0.15) is 0 Å². The first kappa shape index (κ1) is 13.2. The molecule has 1 aliphatic rings. The van der Waals surface area contributed by atoms with E-state index in [0.29, 0.717) is 0 Å². The third-order valence-electron chi connectivity index (χ3n) is 4.41. The molecule has 0 spiro atoms. The summed E-state index contributed by atoms with van der Waals surface area (Å²) in [6.45, 7) is 5.57. The molecule has 0 fully saturated rings. The maximum Gasteiger partial charge on any atom is 0.255 e. The average Bonchev–Trinajstić information content (AvgIpc) is 2.87. The SMILES string of the molecule is CCN(CC)C(=O)c1cccc2c3c([nH]c12)CCCC3. The predicted molar refractivity (Wildman–Crippen MR) is 82.2 cm³/mol. The van der Waals surface area contributed by atoms with Crippen LogP contribution in [0.2, 0.25) is 0 Å². The van der Waals surface area contributed by atoms with E-state index < -0.39 is 0 Å². The van der Waals surface area contributed by atoms with Crippen LogP contribution >= 0.6 is 0 Å². The van der Waals surface area contributed by atoms with Gasteiger partial charge in [0.2, 0.25) is 0 Å². The van der Waals surface area contributed by atoms with Crippen LogP contribution < -0.4 is 0 Å². The largest absolute Gasteiger partial charge is 0.358 e. The van der Waals surface area contributed by atoms with Gasteiger partial charge in [-0.05, 0) is 51.2 Å². The highest BCUT2D eigenvalue weighted by Gasteiger charge is 2.21. The topological polar surface area (TPSA) is 36.1 Å². The molecule has 1 N–H and O–H groups in total. The van der Waals surface area contributed by atoms with E-state index in [2.05, 4.69) is 11.1 Å². The van der Waals surface area contributed by atoms with Crippen molar-refractivity contribution in [2.75, 3.05) is 13.1 Å². The number of rotatable bonds is 3. The molecule has 0 saturated heterocycles. The van der Waals surface area contributed by atoms with Gasteiger partial charge in [0.15, 0.2) is 0 Å². The van der Waals surface area contributed by atoms with Crippen molar-refractivity contribution in [3.63, 3.8) is 0 Å². The highest BCUT2D eigenvalue weighted by molar-refractivity contribution is 6.06. The lowest BCUT2D eigenvalue weighted by Crippen LogP contribution is -2.30. The molecular formula is C17H22N2O. The number of hydrogen-bond acceptors (Lipinski definition) is 1. The minimum absolute atomic E-state index is 0.138. The first-order valence-corrected chi connectivity index (χ1v) is 7.68. The summed E-state index contributed by atoms with van der Waals surface area (Å²) in [6, 6.07) is 6.11. The number of carbonyl (C=O) groups is 1. The van der Waals surface area contributed by atoms with E-state index in [4.69, 9.17) is 0 Å². The summed E-state index contributed by atoms with van der Waals surface area (Å²) >= 11 is 0. The molecular weight excluding hydrogens is 248 g/mol. The number of aromatic amines is 1. The smallest absolute Gasteiger partial charge is 0.255 e. The van der Waals surface area contributed by atoms with E-state index in [1.807, 2.05) is 30.9 Å². The zero-order chi connectivity index (χ0) is 14.1. The van der Waals surface area contributed by atoms with Crippen molar-refractivity contribution in [2.45, 2.75) is 39.5 Å². The van der Waals surface area contributed by atoms with Gasteiger partial charge in [0, 0.05) is 24.2 Å². The van der Waals surface area contributed by atoms with Gasteiger partial charge in [0.25, 0.3) is 5.91 Å². The third-order valence-corrected chi connectivity index (χ3v) is 4.41. The van der Waals surface area contributed by atoms with Gasteiger partial charge in [0.05, 0.1) is 11.1 Å². The monoisotopic (exact) mass is 270 g/mol. The van der Waals surface area contributed by atoms with Crippen LogP contribution in [0.15, 0.2) is 18.2 Å². The summed E-state index contributed by atoms with van der Waals surface area (Å²) in [5.41, 5.74) is 4.63. The standard InChI is InChI=1S/C17H22N2O/c1-3-19(4-2)17(20)14-10-7-9-13-12-8-5-6-11-15(12)18-16(13)14/h7,9-10,18H,3-6,8,11H2,1-2H3. The lowest BCUT2D eigenvalue weighted by atomic mass is 9.95. The maximum absolute atomic E-state index is 12.6. The molecule has 2 aromatic rings. The number of para-hydroxylation sites is 1. The van der Waals surface area contributed by atoms with Gasteiger partial charge >= 0.3 is 0 Å². The van der Waals surface area contributed by atoms with Crippen molar-refractivity contribution in [3.05, 3.63) is 35.0 Å². The Hall–Kier alpha value is -1.77. The van der Waals surface area contributed by atoms with Crippen LogP contribution in [0.25, 0.3) is 10.9 Å². The Bertz CT molecular complexity index is 638. The number of aryl methyl sites for hydroxylation is 2. The third kappa shape index (κ3) is 2.01. The summed E-state index contributed by atoms with van der Waals surface area (Å²) in [5, 5.41) is 1.25. The number of fused-ring (bicyclic) bond motifs is 3. The fourth-order valence-electron chi connectivity index (χ4n) is 3.29. The molecule has 1 aromatic heterocycles. The average molecular weight is 270 g/mol. The Morgan fingerprint density at radius 1 is 1.20 bits per heavy atom. The molecule has 1 aliphatic carbocycles. The number of nitrogens with zero attached hydrogens (tertiary/aromatic N) is 1. The molecule has 0 bridgehead atoms. The van der Waals surface area contributed by atoms with Crippen LogP contribution in [-0.2, 0) is 12.8 Å². The van der Waals surface area contributed by atoms with E-state index in [1.165, 1.54) is 29.5 Å². The zero-order valence-electron chi connectivity index (χ0n) is 12.3. The molecule has 3 heteroatoms. The van der Waals surface area contributed by atoms with Crippen LogP contribution in [0.1, 0.15) is 48.3 Å². The van der Waals surface area contributed by atoms with E-state index >= 15 is 0 Å². The number of hydrogen-bond donors (Lipinski definition) is 1. The Labute approximate surface area is 120 Å². The van der Waals surface area contributed by atoms with Crippen LogP contribution in [0.4, 0.5) is 0 Å². The summed E-state index contributed by atoms with van der Waals surface area (Å²) in [6.07, 6.45) is 4.76. The van der Waals surface area contributed by atoms with Crippen molar-refractivity contribution in [1.29, 1.82) is 0 Å². The van der Waals surface area contributed by atoms with Crippen molar-refractivity contribution < 1.29 is 4.79 Å². The number of benzene rings is 1. The molecule has 3 rings (SSSR count). The molecule has 0 unspecified atom stereocenters. The Balaban J connectivity index is 2.12. The summed E-state index contributed by atoms with van der Waals surface area (Å²) in [7, 11) is 0. The Kier molecular flexibility index (Phi) is 3.51. The van der Waals surface area contributed by atoms with Crippen LogP contribution in [0, 0.1) is 0 Å². The maximum atomic E-state index is 12.6. The molecule has 3 nitrogen and oxygen atoms in total. The molecule has 0 saturated carbocycles. The number of H-pyrrole nitrogens is 1. The Morgan fingerprint density at radius 2 is 1.95 bits per heavy atom. The first-order chi connectivity index (χ1) is 9.76. The zero-order valence-corrected chi connectivity index (χ0v) is 12.3. The molecule has 0 aliphatic heterocycles. The second-order valence-corrected chi connectivity index (χ2v) is 5.49. The second-order valence-electron chi connectivity index (χ2n) is 5.49. The Morgan fingerprint density at radius 3 is 2.70 bits per heavy atom.